The van der Waals surface area contributed by atoms with E-state index in [1.807, 2.05) is 18.3 Å². The van der Waals surface area contributed by atoms with E-state index in [1.54, 1.807) is 0 Å². The molecule has 0 aliphatic carbocycles. The fourth-order valence-corrected chi connectivity index (χ4v) is 2.76. The summed E-state index contributed by atoms with van der Waals surface area (Å²) in [6, 6.07) is 8.65. The molecule has 108 valence electrons. The van der Waals surface area contributed by atoms with Crippen molar-refractivity contribution in [3.05, 3.63) is 41.0 Å². The molecule has 0 aliphatic heterocycles. The minimum atomic E-state index is 0.543. The van der Waals surface area contributed by atoms with Gasteiger partial charge in [0.25, 0.3) is 0 Å². The van der Waals surface area contributed by atoms with Crippen LogP contribution in [0.1, 0.15) is 38.7 Å². The van der Waals surface area contributed by atoms with Crippen LogP contribution in [-0.4, -0.2) is 17.6 Å². The minimum absolute atomic E-state index is 0.543. The molecule has 20 heavy (non-hydrogen) atoms. The maximum Gasteiger partial charge on any atom is 0.0719 e. The number of benzene rings is 1. The molecule has 1 unspecified atom stereocenters. The highest BCUT2D eigenvalue weighted by Crippen LogP contribution is 2.22. The molecule has 0 spiro atoms. The van der Waals surface area contributed by atoms with Gasteiger partial charge in [-0.15, -0.1) is 0 Å². The smallest absolute Gasteiger partial charge is 0.0719 e. The van der Waals surface area contributed by atoms with Gasteiger partial charge in [0.15, 0.2) is 0 Å². The molecule has 1 aromatic carbocycles. The lowest BCUT2D eigenvalue weighted by Gasteiger charge is -2.18. The van der Waals surface area contributed by atoms with Crippen molar-refractivity contribution >= 4 is 22.5 Å². The second-order valence-electron chi connectivity index (χ2n) is 5.28. The Bertz CT molecular complexity index is 554. The maximum atomic E-state index is 6.04. The van der Waals surface area contributed by atoms with E-state index in [2.05, 4.69) is 36.3 Å². The third kappa shape index (κ3) is 3.94. The maximum absolute atomic E-state index is 6.04. The molecule has 1 aromatic heterocycles. The van der Waals surface area contributed by atoms with E-state index in [0.29, 0.717) is 6.04 Å². The van der Waals surface area contributed by atoms with Gasteiger partial charge in [0.1, 0.15) is 0 Å². The summed E-state index contributed by atoms with van der Waals surface area (Å²) in [5.74, 6) is 0. The molecule has 0 fully saturated rings. The van der Waals surface area contributed by atoms with Gasteiger partial charge in [-0.1, -0.05) is 37.9 Å². The number of rotatable bonds is 7. The number of nitrogens with one attached hydrogen (secondary N) is 1. The number of pyridine rings is 1. The van der Waals surface area contributed by atoms with Crippen LogP contribution in [0.3, 0.4) is 0 Å². The van der Waals surface area contributed by atoms with E-state index in [1.165, 1.54) is 30.2 Å². The number of hydrogen-bond donors (Lipinski definition) is 1. The number of fused-ring (bicyclic) bond motifs is 1. The Morgan fingerprint density at radius 1 is 1.20 bits per heavy atom. The quantitative estimate of drug-likeness (QED) is 0.806. The van der Waals surface area contributed by atoms with Crippen LogP contribution in [0, 0.1) is 0 Å². The van der Waals surface area contributed by atoms with Gasteiger partial charge in [-0.25, -0.2) is 0 Å². The van der Waals surface area contributed by atoms with Gasteiger partial charge in [0.2, 0.25) is 0 Å². The van der Waals surface area contributed by atoms with Crippen molar-refractivity contribution < 1.29 is 0 Å². The molecule has 1 N–H and O–H groups in total. The van der Waals surface area contributed by atoms with Crippen LogP contribution >= 0.6 is 11.6 Å². The van der Waals surface area contributed by atoms with Crippen LogP contribution in [0.2, 0.25) is 5.02 Å². The lowest BCUT2D eigenvalue weighted by molar-refractivity contribution is 0.474. The Labute approximate surface area is 126 Å². The molecular weight excluding hydrogens is 268 g/mol. The molecule has 3 heteroatoms. The van der Waals surface area contributed by atoms with E-state index in [0.717, 1.165) is 23.5 Å². The van der Waals surface area contributed by atoms with Crippen molar-refractivity contribution in [2.24, 2.45) is 0 Å². The zero-order valence-corrected chi connectivity index (χ0v) is 13.1. The van der Waals surface area contributed by atoms with E-state index >= 15 is 0 Å². The summed E-state index contributed by atoms with van der Waals surface area (Å²) in [6.45, 7) is 5.53. The van der Waals surface area contributed by atoms with Crippen molar-refractivity contribution in [1.82, 2.24) is 10.3 Å². The summed E-state index contributed by atoms with van der Waals surface area (Å²) >= 11 is 6.04. The fraction of sp³-hybridized carbons (Fsp3) is 0.471. The van der Waals surface area contributed by atoms with Crippen molar-refractivity contribution in [1.29, 1.82) is 0 Å². The molecule has 0 bridgehead atoms. The number of nitrogens with zero attached hydrogens (tertiary/aromatic N) is 1. The molecule has 2 rings (SSSR count). The summed E-state index contributed by atoms with van der Waals surface area (Å²) in [5.41, 5.74) is 2.34. The molecule has 0 saturated carbocycles. The molecule has 0 amide bonds. The molecule has 2 nitrogen and oxygen atoms in total. The Morgan fingerprint density at radius 2 is 2.05 bits per heavy atom. The van der Waals surface area contributed by atoms with Gasteiger partial charge in [-0.05, 0) is 49.6 Å². The molecule has 0 radical (unpaired) electrons. The summed E-state index contributed by atoms with van der Waals surface area (Å²) in [6.07, 6.45) is 6.52. The van der Waals surface area contributed by atoms with Crippen molar-refractivity contribution in [3.63, 3.8) is 0 Å². The predicted octanol–water partition coefficient (Wildman–Crippen LogP) is 4.60. The highest BCUT2D eigenvalue weighted by molar-refractivity contribution is 6.31. The fourth-order valence-electron chi connectivity index (χ4n) is 2.60. The third-order valence-electron chi connectivity index (χ3n) is 3.58. The van der Waals surface area contributed by atoms with E-state index in [4.69, 9.17) is 11.6 Å². The Balaban J connectivity index is 2.22. The molecule has 0 aliphatic rings. The van der Waals surface area contributed by atoms with E-state index in [-0.39, 0.29) is 0 Å². The molecule has 0 saturated heterocycles. The summed E-state index contributed by atoms with van der Waals surface area (Å²) in [5, 5.41) is 5.61. The molecule has 1 atom stereocenters. The zero-order chi connectivity index (χ0) is 14.4. The van der Waals surface area contributed by atoms with E-state index < -0.39 is 0 Å². The van der Waals surface area contributed by atoms with Crippen LogP contribution in [0.25, 0.3) is 10.9 Å². The van der Waals surface area contributed by atoms with Crippen LogP contribution in [0.5, 0.6) is 0 Å². The average Bonchev–Trinajstić information content (AvgIpc) is 2.45. The van der Waals surface area contributed by atoms with Crippen LogP contribution < -0.4 is 5.32 Å². The Hall–Kier alpha value is -1.12. The lowest BCUT2D eigenvalue weighted by Crippen LogP contribution is -2.31. The first-order chi connectivity index (χ1) is 9.74. The Morgan fingerprint density at radius 3 is 2.80 bits per heavy atom. The summed E-state index contributed by atoms with van der Waals surface area (Å²) in [7, 11) is 0. The van der Waals surface area contributed by atoms with Crippen LogP contribution in [0.15, 0.2) is 30.5 Å². The van der Waals surface area contributed by atoms with Crippen molar-refractivity contribution in [3.8, 4) is 0 Å². The van der Waals surface area contributed by atoms with Gasteiger partial charge >= 0.3 is 0 Å². The van der Waals surface area contributed by atoms with Gasteiger partial charge < -0.3 is 5.32 Å². The largest absolute Gasteiger partial charge is 0.314 e. The monoisotopic (exact) mass is 290 g/mol. The topological polar surface area (TPSA) is 24.9 Å². The normalized spacial score (nSPS) is 12.8. The first-order valence-corrected chi connectivity index (χ1v) is 7.89. The SMILES string of the molecule is CCCNC(CCC)Cc1ccnc2cc(Cl)ccc12. The van der Waals surface area contributed by atoms with E-state index in [9.17, 15) is 0 Å². The van der Waals surface area contributed by atoms with Crippen LogP contribution in [0.4, 0.5) is 0 Å². The lowest BCUT2D eigenvalue weighted by atomic mass is 9.99. The summed E-state index contributed by atoms with van der Waals surface area (Å²) in [4.78, 5) is 4.41. The third-order valence-corrected chi connectivity index (χ3v) is 3.82. The molecule has 2 aromatic rings. The van der Waals surface area contributed by atoms with Crippen molar-refractivity contribution in [2.45, 2.75) is 45.6 Å². The van der Waals surface area contributed by atoms with Gasteiger partial charge in [0.05, 0.1) is 5.52 Å². The van der Waals surface area contributed by atoms with Crippen LogP contribution in [-0.2, 0) is 6.42 Å². The molecule has 1 heterocycles. The number of halogens is 1. The highest BCUT2D eigenvalue weighted by atomic mass is 35.5. The second kappa shape index (κ2) is 7.61. The minimum Gasteiger partial charge on any atom is -0.314 e. The number of aromatic nitrogens is 1. The standard InChI is InChI=1S/C17H23ClN2/c1-3-5-15(19-9-4-2)11-13-8-10-20-17-12-14(18)6-7-16(13)17/h6-8,10,12,15,19H,3-5,9,11H2,1-2H3. The highest BCUT2D eigenvalue weighted by Gasteiger charge is 2.10. The zero-order valence-electron chi connectivity index (χ0n) is 12.3. The first kappa shape index (κ1) is 15.3. The number of hydrogen-bond acceptors (Lipinski definition) is 2. The second-order valence-corrected chi connectivity index (χ2v) is 5.71. The van der Waals surface area contributed by atoms with Crippen molar-refractivity contribution in [2.75, 3.05) is 6.54 Å². The predicted molar refractivity (Wildman–Crippen MR) is 87.4 cm³/mol. The van der Waals surface area contributed by atoms with Gasteiger partial charge in [0, 0.05) is 22.6 Å². The van der Waals surface area contributed by atoms with Gasteiger partial charge in [-0.3, -0.25) is 4.98 Å². The summed E-state index contributed by atoms with van der Waals surface area (Å²) < 4.78 is 0. The van der Waals surface area contributed by atoms with Gasteiger partial charge in [-0.2, -0.15) is 0 Å². The Kier molecular flexibility index (Phi) is 5.81. The average molecular weight is 291 g/mol. The molecular formula is C17H23ClN2. The first-order valence-electron chi connectivity index (χ1n) is 7.51.